The fourth-order valence-corrected chi connectivity index (χ4v) is 6.16. The Kier molecular flexibility index (Phi) is 12.8. The van der Waals surface area contributed by atoms with Gasteiger partial charge in [-0.05, 0) is 63.2 Å². The summed E-state index contributed by atoms with van der Waals surface area (Å²) in [5, 5.41) is 0. The predicted molar refractivity (Wildman–Crippen MR) is 147 cm³/mol. The number of hydrogen-bond donors (Lipinski definition) is 0. The lowest BCUT2D eigenvalue weighted by atomic mass is 9.79. The molecule has 0 aliphatic heterocycles. The molecular formula is C32H48O6. The lowest BCUT2D eigenvalue weighted by Crippen LogP contribution is -2.28. The summed E-state index contributed by atoms with van der Waals surface area (Å²) in [6.07, 6.45) is 21.5. The molecule has 0 saturated heterocycles. The van der Waals surface area contributed by atoms with Gasteiger partial charge < -0.3 is 9.47 Å². The summed E-state index contributed by atoms with van der Waals surface area (Å²) in [4.78, 5) is 50.5. The van der Waals surface area contributed by atoms with Gasteiger partial charge in [-0.3, -0.25) is 19.2 Å². The van der Waals surface area contributed by atoms with Crippen molar-refractivity contribution in [3.8, 4) is 0 Å². The fourth-order valence-electron chi connectivity index (χ4n) is 6.16. The van der Waals surface area contributed by atoms with Crippen molar-refractivity contribution < 1.29 is 28.7 Å². The summed E-state index contributed by atoms with van der Waals surface area (Å²) in [5.74, 6) is -1.81. The number of hydrogen-bond acceptors (Lipinski definition) is 6. The first-order valence-electron chi connectivity index (χ1n) is 15.4. The molecule has 0 bridgehead atoms. The predicted octanol–water partition coefficient (Wildman–Crippen LogP) is 7.55. The molecule has 6 heteroatoms. The lowest BCUT2D eigenvalue weighted by molar-refractivity contribution is -0.149. The fraction of sp³-hybridized carbons (Fsp3) is 0.750. The van der Waals surface area contributed by atoms with Crippen molar-refractivity contribution in [2.45, 2.75) is 129 Å². The molecule has 0 unspecified atom stereocenters. The molecular weight excluding hydrogens is 480 g/mol. The lowest BCUT2D eigenvalue weighted by Gasteiger charge is -2.28. The van der Waals surface area contributed by atoms with E-state index < -0.39 is 23.5 Å². The van der Waals surface area contributed by atoms with E-state index in [1.165, 1.54) is 64.2 Å². The first kappa shape index (κ1) is 30.3. The van der Waals surface area contributed by atoms with Crippen LogP contribution >= 0.6 is 0 Å². The highest BCUT2D eigenvalue weighted by atomic mass is 16.5. The molecule has 0 aromatic heterocycles. The van der Waals surface area contributed by atoms with Crippen molar-refractivity contribution in [1.82, 2.24) is 0 Å². The maximum atomic E-state index is 12.7. The Morgan fingerprint density at radius 3 is 1.32 bits per heavy atom. The summed E-state index contributed by atoms with van der Waals surface area (Å²) in [5.41, 5.74) is 0. The second-order valence-electron chi connectivity index (χ2n) is 11.7. The van der Waals surface area contributed by atoms with Crippen LogP contribution in [0.5, 0.6) is 0 Å². The molecule has 0 radical (unpaired) electrons. The van der Waals surface area contributed by atoms with Gasteiger partial charge >= 0.3 is 11.9 Å². The number of rotatable bonds is 14. The highest BCUT2D eigenvalue weighted by Gasteiger charge is 2.33. The molecule has 38 heavy (non-hydrogen) atoms. The van der Waals surface area contributed by atoms with Crippen molar-refractivity contribution in [3.63, 3.8) is 0 Å². The SMILES string of the molecule is CCCCCCC1CCC(C(=O)OC2=CC(=O)C(OC(=O)C3CCC(CCCCCC)CC3)=CC2=O)CC1. The molecule has 3 aliphatic rings. The van der Waals surface area contributed by atoms with Gasteiger partial charge in [0.25, 0.3) is 0 Å². The minimum Gasteiger partial charge on any atom is -0.422 e. The van der Waals surface area contributed by atoms with Crippen LogP contribution in [0.15, 0.2) is 23.7 Å². The third-order valence-corrected chi connectivity index (χ3v) is 8.72. The van der Waals surface area contributed by atoms with Gasteiger partial charge in [0.05, 0.1) is 11.8 Å². The topological polar surface area (TPSA) is 86.7 Å². The van der Waals surface area contributed by atoms with Crippen molar-refractivity contribution in [1.29, 1.82) is 0 Å². The Morgan fingerprint density at radius 1 is 0.605 bits per heavy atom. The molecule has 0 atom stereocenters. The van der Waals surface area contributed by atoms with Gasteiger partial charge in [0.15, 0.2) is 11.5 Å². The van der Waals surface area contributed by atoms with Crippen LogP contribution in [-0.2, 0) is 28.7 Å². The highest BCUT2D eigenvalue weighted by molar-refractivity contribution is 6.19. The van der Waals surface area contributed by atoms with E-state index in [1.54, 1.807) is 0 Å². The monoisotopic (exact) mass is 528 g/mol. The van der Waals surface area contributed by atoms with E-state index in [1.807, 2.05) is 0 Å². The maximum Gasteiger partial charge on any atom is 0.314 e. The van der Waals surface area contributed by atoms with Crippen LogP contribution in [0.25, 0.3) is 0 Å². The van der Waals surface area contributed by atoms with E-state index in [0.29, 0.717) is 11.8 Å². The van der Waals surface area contributed by atoms with Gasteiger partial charge in [-0.25, -0.2) is 0 Å². The molecule has 212 valence electrons. The van der Waals surface area contributed by atoms with Crippen LogP contribution in [0.4, 0.5) is 0 Å². The Bertz CT molecular complexity index is 796. The van der Waals surface area contributed by atoms with Gasteiger partial charge in [0.1, 0.15) is 0 Å². The molecule has 2 fully saturated rings. The molecule has 6 nitrogen and oxygen atoms in total. The van der Waals surface area contributed by atoms with E-state index >= 15 is 0 Å². The van der Waals surface area contributed by atoms with Crippen molar-refractivity contribution >= 4 is 23.5 Å². The maximum absolute atomic E-state index is 12.7. The van der Waals surface area contributed by atoms with E-state index in [-0.39, 0.29) is 23.4 Å². The van der Waals surface area contributed by atoms with Gasteiger partial charge in [0.2, 0.25) is 11.6 Å². The molecule has 0 N–H and O–H groups in total. The summed E-state index contributed by atoms with van der Waals surface area (Å²) in [6.45, 7) is 4.42. The minimum absolute atomic E-state index is 0.240. The van der Waals surface area contributed by atoms with Crippen LogP contribution < -0.4 is 0 Å². The standard InChI is InChI=1S/C32H48O6/c1-3-5-7-9-11-23-13-17-25(18-14-23)31(35)37-29-21-28(34)30(22-27(29)33)38-32(36)26-19-15-24(16-20-26)12-10-8-6-4-2/h21-26H,3-20H2,1-2H3. The number of carbonyl (C=O) groups is 4. The van der Waals surface area contributed by atoms with Crippen molar-refractivity contribution in [2.24, 2.45) is 23.7 Å². The number of esters is 2. The zero-order valence-corrected chi connectivity index (χ0v) is 23.6. The highest BCUT2D eigenvalue weighted by Crippen LogP contribution is 2.35. The molecule has 0 heterocycles. The van der Waals surface area contributed by atoms with Crippen LogP contribution in [-0.4, -0.2) is 23.5 Å². The van der Waals surface area contributed by atoms with E-state index in [2.05, 4.69) is 13.8 Å². The van der Waals surface area contributed by atoms with Gasteiger partial charge in [0, 0.05) is 12.2 Å². The summed E-state index contributed by atoms with van der Waals surface area (Å²) in [6, 6.07) is 0. The molecule has 0 aromatic rings. The van der Waals surface area contributed by atoms with Crippen LogP contribution in [0, 0.1) is 23.7 Å². The second-order valence-corrected chi connectivity index (χ2v) is 11.7. The van der Waals surface area contributed by atoms with Crippen LogP contribution in [0.1, 0.15) is 129 Å². The average molecular weight is 529 g/mol. The number of allylic oxidation sites excluding steroid dienone is 2. The normalized spacial score (nSPS) is 25.9. The number of unbranched alkanes of at least 4 members (excludes halogenated alkanes) is 6. The number of carbonyl (C=O) groups excluding carboxylic acids is 4. The second kappa shape index (κ2) is 16.0. The third kappa shape index (κ3) is 9.50. The van der Waals surface area contributed by atoms with E-state index in [0.717, 1.165) is 63.5 Å². The Balaban J connectivity index is 1.39. The van der Waals surface area contributed by atoms with E-state index in [9.17, 15) is 19.2 Å². The zero-order valence-electron chi connectivity index (χ0n) is 23.6. The third-order valence-electron chi connectivity index (χ3n) is 8.72. The summed E-state index contributed by atoms with van der Waals surface area (Å²) >= 11 is 0. The number of ether oxygens (including phenoxy) is 2. The molecule has 0 amide bonds. The molecule has 0 aromatic carbocycles. The Labute approximate surface area is 229 Å². The molecule has 2 saturated carbocycles. The van der Waals surface area contributed by atoms with Gasteiger partial charge in [-0.1, -0.05) is 78.1 Å². The van der Waals surface area contributed by atoms with Gasteiger partial charge in [-0.15, -0.1) is 0 Å². The first-order chi connectivity index (χ1) is 18.4. The van der Waals surface area contributed by atoms with E-state index in [4.69, 9.17) is 9.47 Å². The average Bonchev–Trinajstić information content (AvgIpc) is 2.92. The molecule has 3 rings (SSSR count). The Morgan fingerprint density at radius 2 is 0.974 bits per heavy atom. The van der Waals surface area contributed by atoms with Crippen molar-refractivity contribution in [3.05, 3.63) is 23.7 Å². The van der Waals surface area contributed by atoms with Crippen molar-refractivity contribution in [2.75, 3.05) is 0 Å². The van der Waals surface area contributed by atoms with Crippen LogP contribution in [0.2, 0.25) is 0 Å². The molecule has 0 spiro atoms. The van der Waals surface area contributed by atoms with Gasteiger partial charge in [-0.2, -0.15) is 0 Å². The molecule has 3 aliphatic carbocycles. The quantitative estimate of drug-likeness (QED) is 0.131. The smallest absolute Gasteiger partial charge is 0.314 e. The summed E-state index contributed by atoms with van der Waals surface area (Å²) in [7, 11) is 0. The first-order valence-corrected chi connectivity index (χ1v) is 15.4. The largest absolute Gasteiger partial charge is 0.422 e. The number of ketones is 2. The summed E-state index contributed by atoms with van der Waals surface area (Å²) < 4.78 is 10.7. The van der Waals surface area contributed by atoms with Crippen LogP contribution in [0.3, 0.4) is 0 Å². The zero-order chi connectivity index (χ0) is 27.3. The Hall–Kier alpha value is -2.24. The minimum atomic E-state index is -0.610.